The molecule has 0 saturated heterocycles. The summed E-state index contributed by atoms with van der Waals surface area (Å²) in [5, 5.41) is 0. The molecule has 3 nitrogen and oxygen atoms in total. The van der Waals surface area contributed by atoms with E-state index in [-0.39, 0.29) is 19.1 Å². The zero-order valence-electron chi connectivity index (χ0n) is 12.6. The maximum atomic E-state index is 13.3. The monoisotopic (exact) mass is 322 g/mol. The number of hydrogen-bond acceptors (Lipinski definition) is 3. The van der Waals surface area contributed by atoms with Crippen LogP contribution < -0.4 is 15.4 Å². The third-order valence-electron chi connectivity index (χ3n) is 4.20. The maximum absolute atomic E-state index is 13.3. The van der Waals surface area contributed by atoms with Crippen LogP contribution in [-0.4, -0.2) is 13.7 Å². The smallest absolute Gasteiger partial charge is 0.416 e. The van der Waals surface area contributed by atoms with Gasteiger partial charge in [0.1, 0.15) is 5.75 Å². The third-order valence-corrected chi connectivity index (χ3v) is 4.20. The predicted octanol–water partition coefficient (Wildman–Crippen LogP) is 3.73. The van der Waals surface area contributed by atoms with Crippen LogP contribution in [0.5, 0.6) is 5.75 Å². The van der Waals surface area contributed by atoms with E-state index in [0.717, 1.165) is 11.8 Å². The third kappa shape index (κ3) is 2.63. The predicted molar refractivity (Wildman–Crippen MR) is 82.4 cm³/mol. The summed E-state index contributed by atoms with van der Waals surface area (Å²) in [5.74, 6) is 0.618. The molecular formula is C17H17F3N2O. The molecule has 3 rings (SSSR count). The van der Waals surface area contributed by atoms with Gasteiger partial charge in [-0.3, -0.25) is 0 Å². The number of rotatable bonds is 3. The van der Waals surface area contributed by atoms with Gasteiger partial charge in [-0.1, -0.05) is 24.3 Å². The summed E-state index contributed by atoms with van der Waals surface area (Å²) >= 11 is 0. The molecule has 6 heteroatoms. The Morgan fingerprint density at radius 2 is 1.91 bits per heavy atom. The highest BCUT2D eigenvalue weighted by atomic mass is 19.4. The molecule has 1 atom stereocenters. The van der Waals surface area contributed by atoms with Crippen LogP contribution in [-0.2, 0) is 12.7 Å². The normalized spacial score (nSPS) is 17.3. The van der Waals surface area contributed by atoms with Crippen LogP contribution >= 0.6 is 0 Å². The SMILES string of the molecule is COc1ccccc1N1Cc2c(cccc2C(F)(F)F)C1CN. The lowest BCUT2D eigenvalue weighted by Gasteiger charge is -2.27. The second kappa shape index (κ2) is 5.77. The first kappa shape index (κ1) is 15.7. The van der Waals surface area contributed by atoms with Crippen molar-refractivity contribution in [1.82, 2.24) is 0 Å². The fraction of sp³-hybridized carbons (Fsp3) is 0.294. The molecule has 0 amide bonds. The van der Waals surface area contributed by atoms with Crippen LogP contribution in [0.1, 0.15) is 22.7 Å². The number of nitrogens with zero attached hydrogens (tertiary/aromatic N) is 1. The quantitative estimate of drug-likeness (QED) is 0.936. The van der Waals surface area contributed by atoms with Crippen molar-refractivity contribution >= 4 is 5.69 Å². The van der Waals surface area contributed by atoms with Gasteiger partial charge in [0.2, 0.25) is 0 Å². The summed E-state index contributed by atoms with van der Waals surface area (Å²) in [6.07, 6.45) is -4.37. The minimum atomic E-state index is -4.37. The Labute approximate surface area is 132 Å². The van der Waals surface area contributed by atoms with Gasteiger partial charge in [0.15, 0.2) is 0 Å². The summed E-state index contributed by atoms with van der Waals surface area (Å²) < 4.78 is 45.2. The van der Waals surface area contributed by atoms with Crippen LogP contribution in [0.2, 0.25) is 0 Å². The highest BCUT2D eigenvalue weighted by molar-refractivity contribution is 5.63. The van der Waals surface area contributed by atoms with Gasteiger partial charge >= 0.3 is 6.18 Å². The molecule has 0 aliphatic carbocycles. The highest BCUT2D eigenvalue weighted by Gasteiger charge is 2.40. The summed E-state index contributed by atoms with van der Waals surface area (Å²) in [7, 11) is 1.54. The lowest BCUT2D eigenvalue weighted by Crippen LogP contribution is -2.28. The topological polar surface area (TPSA) is 38.5 Å². The van der Waals surface area contributed by atoms with E-state index in [1.54, 1.807) is 19.2 Å². The standard InChI is InChI=1S/C17H17F3N2O/c1-23-16-8-3-2-7-14(16)22-10-12-11(15(22)9-21)5-4-6-13(12)17(18,19)20/h2-8,15H,9-10,21H2,1H3. The fourth-order valence-electron chi connectivity index (χ4n) is 3.18. The fourth-order valence-corrected chi connectivity index (χ4v) is 3.18. The van der Waals surface area contributed by atoms with Gasteiger partial charge in [-0.25, -0.2) is 0 Å². The molecule has 1 heterocycles. The zero-order chi connectivity index (χ0) is 16.6. The van der Waals surface area contributed by atoms with E-state index >= 15 is 0 Å². The number of anilines is 1. The number of hydrogen-bond donors (Lipinski definition) is 1. The molecule has 23 heavy (non-hydrogen) atoms. The summed E-state index contributed by atoms with van der Waals surface area (Å²) in [5.41, 5.74) is 6.94. The molecule has 0 radical (unpaired) electrons. The average molecular weight is 322 g/mol. The number of nitrogens with two attached hydrogens (primary N) is 1. The maximum Gasteiger partial charge on any atom is 0.416 e. The molecular weight excluding hydrogens is 305 g/mol. The van der Waals surface area contributed by atoms with Crippen LogP contribution in [0.25, 0.3) is 0 Å². The molecule has 2 aromatic carbocycles. The Morgan fingerprint density at radius 3 is 2.57 bits per heavy atom. The van der Waals surface area contributed by atoms with Crippen molar-refractivity contribution in [3.63, 3.8) is 0 Å². The highest BCUT2D eigenvalue weighted by Crippen LogP contribution is 2.45. The van der Waals surface area contributed by atoms with Crippen LogP contribution in [0, 0.1) is 0 Å². The molecule has 1 aliphatic heterocycles. The van der Waals surface area contributed by atoms with Gasteiger partial charge in [0.05, 0.1) is 24.4 Å². The van der Waals surface area contributed by atoms with Crippen LogP contribution in [0.15, 0.2) is 42.5 Å². The first-order valence-corrected chi connectivity index (χ1v) is 7.26. The molecule has 122 valence electrons. The number of ether oxygens (including phenoxy) is 1. The lowest BCUT2D eigenvalue weighted by atomic mass is 9.99. The van der Waals surface area contributed by atoms with Gasteiger partial charge in [-0.2, -0.15) is 13.2 Å². The first-order valence-electron chi connectivity index (χ1n) is 7.26. The molecule has 0 fully saturated rings. The number of alkyl halides is 3. The average Bonchev–Trinajstić information content (AvgIpc) is 2.91. The Kier molecular flexibility index (Phi) is 3.93. The lowest BCUT2D eigenvalue weighted by molar-refractivity contribution is -0.138. The van der Waals surface area contributed by atoms with Crippen molar-refractivity contribution in [3.8, 4) is 5.75 Å². The van der Waals surface area contributed by atoms with Crippen molar-refractivity contribution in [1.29, 1.82) is 0 Å². The van der Waals surface area contributed by atoms with Gasteiger partial charge in [0.25, 0.3) is 0 Å². The molecule has 0 aromatic heterocycles. The molecule has 0 spiro atoms. The Hall–Kier alpha value is -2.21. The van der Waals surface area contributed by atoms with E-state index in [2.05, 4.69) is 0 Å². The van der Waals surface area contributed by atoms with Crippen LogP contribution in [0.3, 0.4) is 0 Å². The van der Waals surface area contributed by atoms with Crippen molar-refractivity contribution in [3.05, 3.63) is 59.2 Å². The number of fused-ring (bicyclic) bond motifs is 1. The summed E-state index contributed by atoms with van der Waals surface area (Å²) in [6.45, 7) is 0.389. The van der Waals surface area contributed by atoms with E-state index in [0.29, 0.717) is 16.9 Å². The van der Waals surface area contributed by atoms with Gasteiger partial charge in [-0.05, 0) is 29.3 Å². The van der Waals surface area contributed by atoms with Gasteiger partial charge < -0.3 is 15.4 Å². The van der Waals surface area contributed by atoms with Crippen molar-refractivity contribution in [2.75, 3.05) is 18.6 Å². The Balaban J connectivity index is 2.10. The van der Waals surface area contributed by atoms with E-state index < -0.39 is 11.7 Å². The van der Waals surface area contributed by atoms with Gasteiger partial charge in [-0.15, -0.1) is 0 Å². The second-order valence-electron chi connectivity index (χ2n) is 5.42. The minimum Gasteiger partial charge on any atom is -0.495 e. The number of benzene rings is 2. The Morgan fingerprint density at radius 1 is 1.17 bits per heavy atom. The van der Waals surface area contributed by atoms with Crippen molar-refractivity contribution in [2.45, 2.75) is 18.8 Å². The molecule has 1 unspecified atom stereocenters. The Bertz CT molecular complexity index is 715. The molecule has 2 aromatic rings. The van der Waals surface area contributed by atoms with E-state index in [4.69, 9.17) is 10.5 Å². The molecule has 0 bridgehead atoms. The number of halogens is 3. The van der Waals surface area contributed by atoms with E-state index in [9.17, 15) is 13.2 Å². The summed E-state index contributed by atoms with van der Waals surface area (Å²) in [4.78, 5) is 1.87. The minimum absolute atomic E-state index is 0.160. The first-order chi connectivity index (χ1) is 11.0. The molecule has 2 N–H and O–H groups in total. The summed E-state index contributed by atoms with van der Waals surface area (Å²) in [6, 6.07) is 11.3. The number of methoxy groups -OCH3 is 1. The number of para-hydroxylation sites is 2. The van der Waals surface area contributed by atoms with Crippen molar-refractivity contribution in [2.24, 2.45) is 5.73 Å². The zero-order valence-corrected chi connectivity index (χ0v) is 12.6. The van der Waals surface area contributed by atoms with Crippen LogP contribution in [0.4, 0.5) is 18.9 Å². The van der Waals surface area contributed by atoms with Gasteiger partial charge in [0, 0.05) is 13.1 Å². The largest absolute Gasteiger partial charge is 0.495 e. The van der Waals surface area contributed by atoms with Crippen molar-refractivity contribution < 1.29 is 17.9 Å². The second-order valence-corrected chi connectivity index (χ2v) is 5.42. The van der Waals surface area contributed by atoms with E-state index in [1.165, 1.54) is 6.07 Å². The molecule has 1 aliphatic rings. The van der Waals surface area contributed by atoms with E-state index in [1.807, 2.05) is 23.1 Å². The molecule has 0 saturated carbocycles.